The van der Waals surface area contributed by atoms with Crippen LogP contribution in [-0.2, 0) is 10.0 Å². The third-order valence-electron chi connectivity index (χ3n) is 2.88. The SMILES string of the molecule is O=S(=O)(c1ccccc1)n1c(I)cc2c(Cl)nccc21. The minimum Gasteiger partial charge on any atom is -0.244 e. The standard InChI is InChI=1S/C13H8ClIN2O2S/c14-13-10-8-12(15)17(11(10)6-7-16-13)20(18,19)9-4-2-1-3-5-9/h1-8H. The molecule has 20 heavy (non-hydrogen) atoms. The minimum absolute atomic E-state index is 0.239. The molecule has 0 radical (unpaired) electrons. The van der Waals surface area contributed by atoms with E-state index >= 15 is 0 Å². The van der Waals surface area contributed by atoms with Crippen molar-refractivity contribution in [2.75, 3.05) is 0 Å². The van der Waals surface area contributed by atoms with Crippen LogP contribution in [0.3, 0.4) is 0 Å². The number of nitrogens with zero attached hydrogens (tertiary/aromatic N) is 2. The van der Waals surface area contributed by atoms with Crippen molar-refractivity contribution in [2.24, 2.45) is 0 Å². The fraction of sp³-hybridized carbons (Fsp3) is 0. The topological polar surface area (TPSA) is 52.0 Å². The van der Waals surface area contributed by atoms with E-state index in [4.69, 9.17) is 11.6 Å². The Morgan fingerprint density at radius 3 is 2.55 bits per heavy atom. The van der Waals surface area contributed by atoms with E-state index in [9.17, 15) is 8.42 Å². The van der Waals surface area contributed by atoms with Gasteiger partial charge in [-0.2, -0.15) is 0 Å². The smallest absolute Gasteiger partial charge is 0.244 e. The molecule has 0 aliphatic carbocycles. The van der Waals surface area contributed by atoms with Crippen molar-refractivity contribution in [1.82, 2.24) is 8.96 Å². The molecule has 0 fully saturated rings. The quantitative estimate of drug-likeness (QED) is 0.473. The van der Waals surface area contributed by atoms with Gasteiger partial charge in [0.25, 0.3) is 10.0 Å². The van der Waals surface area contributed by atoms with Crippen LogP contribution in [0.2, 0.25) is 5.15 Å². The van der Waals surface area contributed by atoms with Crippen LogP contribution >= 0.6 is 34.2 Å². The van der Waals surface area contributed by atoms with Gasteiger partial charge >= 0.3 is 0 Å². The van der Waals surface area contributed by atoms with E-state index in [1.807, 2.05) is 22.6 Å². The largest absolute Gasteiger partial charge is 0.269 e. The summed E-state index contributed by atoms with van der Waals surface area (Å²) in [5.74, 6) is 0. The zero-order chi connectivity index (χ0) is 14.3. The van der Waals surface area contributed by atoms with E-state index in [1.54, 1.807) is 42.5 Å². The van der Waals surface area contributed by atoms with Crippen molar-refractivity contribution in [3.63, 3.8) is 0 Å². The highest BCUT2D eigenvalue weighted by Gasteiger charge is 2.22. The van der Waals surface area contributed by atoms with E-state index in [0.29, 0.717) is 19.8 Å². The summed E-state index contributed by atoms with van der Waals surface area (Å²) in [5, 5.41) is 0.917. The highest BCUT2D eigenvalue weighted by Crippen LogP contribution is 2.29. The first-order chi connectivity index (χ1) is 9.51. The van der Waals surface area contributed by atoms with Crippen LogP contribution in [0.1, 0.15) is 0 Å². The molecule has 0 aliphatic heterocycles. The molecule has 2 heterocycles. The van der Waals surface area contributed by atoms with Gasteiger partial charge in [-0.15, -0.1) is 0 Å². The lowest BCUT2D eigenvalue weighted by Gasteiger charge is -2.09. The third kappa shape index (κ3) is 2.11. The fourth-order valence-corrected chi connectivity index (χ4v) is 4.95. The zero-order valence-corrected chi connectivity index (χ0v) is 13.7. The molecule has 0 N–H and O–H groups in total. The summed E-state index contributed by atoms with van der Waals surface area (Å²) in [6.45, 7) is 0. The number of fused-ring (bicyclic) bond motifs is 1. The van der Waals surface area contributed by atoms with Crippen molar-refractivity contribution >= 4 is 55.1 Å². The number of aromatic nitrogens is 2. The maximum absolute atomic E-state index is 12.7. The molecule has 102 valence electrons. The maximum Gasteiger partial charge on any atom is 0.269 e. The predicted molar refractivity (Wildman–Crippen MR) is 86.5 cm³/mol. The summed E-state index contributed by atoms with van der Waals surface area (Å²) in [5.41, 5.74) is 0.526. The lowest BCUT2D eigenvalue weighted by atomic mass is 10.3. The van der Waals surface area contributed by atoms with Crippen molar-refractivity contribution in [1.29, 1.82) is 0 Å². The normalized spacial score (nSPS) is 11.9. The van der Waals surface area contributed by atoms with E-state index < -0.39 is 10.0 Å². The summed E-state index contributed by atoms with van der Waals surface area (Å²) in [6.07, 6.45) is 1.50. The predicted octanol–water partition coefficient (Wildman–Crippen LogP) is 3.53. The van der Waals surface area contributed by atoms with Crippen LogP contribution in [0, 0.1) is 3.70 Å². The monoisotopic (exact) mass is 418 g/mol. The maximum atomic E-state index is 12.7. The number of hydrogen-bond acceptors (Lipinski definition) is 3. The molecule has 3 aromatic rings. The Hall–Kier alpha value is -1.12. The lowest BCUT2D eigenvalue weighted by Crippen LogP contribution is -2.14. The van der Waals surface area contributed by atoms with Crippen molar-refractivity contribution in [3.8, 4) is 0 Å². The molecule has 0 unspecified atom stereocenters. The highest BCUT2D eigenvalue weighted by molar-refractivity contribution is 14.1. The Kier molecular flexibility index (Phi) is 3.47. The number of benzene rings is 1. The van der Waals surface area contributed by atoms with Gasteiger partial charge in [0.1, 0.15) is 5.15 Å². The van der Waals surface area contributed by atoms with Crippen molar-refractivity contribution < 1.29 is 8.42 Å². The highest BCUT2D eigenvalue weighted by atomic mass is 127. The minimum atomic E-state index is -3.65. The first kappa shape index (κ1) is 13.8. The molecule has 7 heteroatoms. The molecule has 2 aromatic heterocycles. The molecule has 0 saturated carbocycles. The molecule has 0 saturated heterocycles. The summed E-state index contributed by atoms with van der Waals surface area (Å²) in [6, 6.07) is 11.7. The lowest BCUT2D eigenvalue weighted by molar-refractivity contribution is 0.588. The van der Waals surface area contributed by atoms with Crippen LogP contribution in [0.25, 0.3) is 10.9 Å². The molecule has 3 rings (SSSR count). The molecule has 0 bridgehead atoms. The van der Waals surface area contributed by atoms with Gasteiger partial charge in [-0.3, -0.25) is 0 Å². The number of rotatable bonds is 2. The number of halogens is 2. The van der Waals surface area contributed by atoms with Gasteiger partial charge in [0.15, 0.2) is 0 Å². The van der Waals surface area contributed by atoms with Crippen LogP contribution in [0.5, 0.6) is 0 Å². The summed E-state index contributed by atoms with van der Waals surface area (Å²) >= 11 is 8.00. The number of hydrogen-bond donors (Lipinski definition) is 0. The Morgan fingerprint density at radius 2 is 1.85 bits per heavy atom. The van der Waals surface area contributed by atoms with Gasteiger partial charge in [0.2, 0.25) is 0 Å². The summed E-state index contributed by atoms with van der Waals surface area (Å²) in [4.78, 5) is 4.21. The second-order valence-electron chi connectivity index (χ2n) is 4.08. The molecule has 0 atom stereocenters. The summed E-state index contributed by atoms with van der Waals surface area (Å²) < 4.78 is 27.3. The van der Waals surface area contributed by atoms with Gasteiger partial charge in [-0.05, 0) is 46.9 Å². The van der Waals surface area contributed by atoms with Crippen molar-refractivity contribution in [2.45, 2.75) is 4.90 Å². The van der Waals surface area contributed by atoms with Gasteiger partial charge in [0, 0.05) is 11.6 Å². The summed E-state index contributed by atoms with van der Waals surface area (Å²) in [7, 11) is -3.65. The second kappa shape index (κ2) is 5.01. The molecule has 1 aromatic carbocycles. The Balaban J connectivity index is 2.36. The van der Waals surface area contributed by atoms with E-state index in [1.165, 1.54) is 10.2 Å². The first-order valence-electron chi connectivity index (χ1n) is 5.64. The molecule has 0 amide bonds. The Labute approximate surface area is 134 Å². The zero-order valence-electron chi connectivity index (χ0n) is 9.99. The molecule has 0 aliphatic rings. The van der Waals surface area contributed by atoms with Crippen molar-refractivity contribution in [3.05, 3.63) is 57.5 Å². The molecule has 0 spiro atoms. The fourth-order valence-electron chi connectivity index (χ4n) is 1.98. The second-order valence-corrected chi connectivity index (χ2v) is 7.33. The average Bonchev–Trinajstić information content (AvgIpc) is 2.78. The van der Waals surface area contributed by atoms with Gasteiger partial charge in [0.05, 0.1) is 14.1 Å². The average molecular weight is 419 g/mol. The van der Waals surface area contributed by atoms with E-state index in [-0.39, 0.29) is 4.90 Å². The molecular weight excluding hydrogens is 411 g/mol. The molecular formula is C13H8ClIN2O2S. The third-order valence-corrected chi connectivity index (χ3v) is 6.04. The van der Waals surface area contributed by atoms with Crippen LogP contribution in [0.4, 0.5) is 0 Å². The van der Waals surface area contributed by atoms with Crippen LogP contribution in [0.15, 0.2) is 53.6 Å². The van der Waals surface area contributed by atoms with Crippen LogP contribution in [-0.4, -0.2) is 17.4 Å². The Bertz CT molecular complexity index is 891. The van der Waals surface area contributed by atoms with Gasteiger partial charge in [-0.1, -0.05) is 29.8 Å². The van der Waals surface area contributed by atoms with E-state index in [0.717, 1.165) is 0 Å². The van der Waals surface area contributed by atoms with Gasteiger partial charge < -0.3 is 0 Å². The van der Waals surface area contributed by atoms with Crippen LogP contribution < -0.4 is 0 Å². The number of pyridine rings is 1. The Morgan fingerprint density at radius 1 is 1.15 bits per heavy atom. The van der Waals surface area contributed by atoms with Gasteiger partial charge in [-0.25, -0.2) is 17.4 Å². The first-order valence-corrected chi connectivity index (χ1v) is 8.53. The van der Waals surface area contributed by atoms with E-state index in [2.05, 4.69) is 4.98 Å². The molecule has 4 nitrogen and oxygen atoms in total.